The number of hydrogen-bond donors (Lipinski definition) is 0. The Morgan fingerprint density at radius 2 is 2.46 bits per heavy atom. The average Bonchev–Trinajstić information content (AvgIpc) is 2.15. The minimum atomic E-state index is 0.456. The number of halogens is 1. The minimum absolute atomic E-state index is 0.456. The summed E-state index contributed by atoms with van der Waals surface area (Å²) in [5.74, 6) is 5.61. The van der Waals surface area contributed by atoms with Crippen molar-refractivity contribution in [3.05, 3.63) is 29.0 Å². The van der Waals surface area contributed by atoms with Crippen LogP contribution in [0, 0.1) is 11.8 Å². The van der Waals surface area contributed by atoms with Crippen LogP contribution in [0.15, 0.2) is 18.3 Å². The van der Waals surface area contributed by atoms with Gasteiger partial charge in [-0.3, -0.25) is 0 Å². The smallest absolute Gasteiger partial charge is 0.131 e. The highest BCUT2D eigenvalue weighted by atomic mass is 35.5. The quantitative estimate of drug-likeness (QED) is 0.409. The van der Waals surface area contributed by atoms with Gasteiger partial charge in [0.05, 0.1) is 5.02 Å². The van der Waals surface area contributed by atoms with Crippen LogP contribution in [0.4, 0.5) is 0 Å². The zero-order valence-corrected chi connectivity index (χ0v) is 7.71. The van der Waals surface area contributed by atoms with Crippen LogP contribution in [-0.2, 0) is 4.79 Å². The van der Waals surface area contributed by atoms with E-state index in [9.17, 15) is 4.79 Å². The third-order valence-electron chi connectivity index (χ3n) is 1.35. The van der Waals surface area contributed by atoms with Gasteiger partial charge in [-0.2, -0.15) is 0 Å². The van der Waals surface area contributed by atoms with Crippen molar-refractivity contribution in [2.75, 3.05) is 0 Å². The molecule has 0 aliphatic carbocycles. The van der Waals surface area contributed by atoms with Crippen LogP contribution in [-0.4, -0.2) is 11.3 Å². The largest absolute Gasteiger partial charge is 0.303 e. The molecule has 1 aromatic rings. The maximum absolute atomic E-state index is 9.97. The van der Waals surface area contributed by atoms with Crippen molar-refractivity contribution >= 4 is 17.9 Å². The molecule has 0 radical (unpaired) electrons. The van der Waals surface area contributed by atoms with Crippen molar-refractivity contribution in [1.82, 2.24) is 4.98 Å². The molecule has 66 valence electrons. The van der Waals surface area contributed by atoms with Gasteiger partial charge in [0, 0.05) is 19.0 Å². The number of aromatic nitrogens is 1. The Morgan fingerprint density at radius 1 is 1.62 bits per heavy atom. The van der Waals surface area contributed by atoms with Crippen molar-refractivity contribution < 1.29 is 4.79 Å². The minimum Gasteiger partial charge on any atom is -0.303 e. The Morgan fingerprint density at radius 3 is 3.15 bits per heavy atom. The zero-order chi connectivity index (χ0) is 9.52. The molecule has 0 N–H and O–H groups in total. The zero-order valence-electron chi connectivity index (χ0n) is 6.96. The van der Waals surface area contributed by atoms with E-state index in [-0.39, 0.29) is 0 Å². The number of hydrogen-bond acceptors (Lipinski definition) is 2. The summed E-state index contributed by atoms with van der Waals surface area (Å²) in [4.78, 5) is 14.0. The summed E-state index contributed by atoms with van der Waals surface area (Å²) in [5.41, 5.74) is 0.565. The lowest BCUT2D eigenvalue weighted by Gasteiger charge is -1.90. The van der Waals surface area contributed by atoms with E-state index in [0.717, 1.165) is 6.29 Å². The van der Waals surface area contributed by atoms with E-state index < -0.39 is 0 Å². The molecule has 0 saturated heterocycles. The first kappa shape index (κ1) is 9.76. The summed E-state index contributed by atoms with van der Waals surface area (Å²) in [6, 6.07) is 3.48. The van der Waals surface area contributed by atoms with Gasteiger partial charge >= 0.3 is 0 Å². The van der Waals surface area contributed by atoms with Crippen LogP contribution in [0.3, 0.4) is 0 Å². The molecule has 1 heterocycles. The molecule has 0 fully saturated rings. The average molecular weight is 194 g/mol. The van der Waals surface area contributed by atoms with Gasteiger partial charge < -0.3 is 4.79 Å². The highest BCUT2D eigenvalue weighted by Crippen LogP contribution is 2.10. The van der Waals surface area contributed by atoms with Gasteiger partial charge in [-0.25, -0.2) is 4.98 Å². The van der Waals surface area contributed by atoms with Crippen molar-refractivity contribution in [1.29, 1.82) is 0 Å². The van der Waals surface area contributed by atoms with Gasteiger partial charge in [-0.05, 0) is 18.1 Å². The Balaban J connectivity index is 2.66. The molecule has 1 aromatic heterocycles. The topological polar surface area (TPSA) is 30.0 Å². The van der Waals surface area contributed by atoms with Gasteiger partial charge in [0.15, 0.2) is 0 Å². The summed E-state index contributed by atoms with van der Waals surface area (Å²) in [5, 5.41) is 0.543. The molecule has 0 bridgehead atoms. The number of rotatable bonds is 2. The Labute approximate surface area is 81.9 Å². The molecular formula is C10H8ClNO. The highest BCUT2D eigenvalue weighted by Gasteiger charge is 1.93. The van der Waals surface area contributed by atoms with E-state index in [1.165, 1.54) is 0 Å². The van der Waals surface area contributed by atoms with Gasteiger partial charge in [0.25, 0.3) is 0 Å². The molecule has 0 aromatic carbocycles. The molecule has 0 saturated carbocycles. The second kappa shape index (κ2) is 5.34. The first-order valence-corrected chi connectivity index (χ1v) is 4.25. The SMILES string of the molecule is O=CCCC#Cc1ncccc1Cl. The van der Waals surface area contributed by atoms with E-state index >= 15 is 0 Å². The fourth-order valence-electron chi connectivity index (χ4n) is 0.755. The summed E-state index contributed by atoms with van der Waals surface area (Å²) in [6.45, 7) is 0. The number of unbranched alkanes of at least 4 members (excludes halogenated alkanes) is 1. The molecule has 0 spiro atoms. The first-order valence-electron chi connectivity index (χ1n) is 3.87. The monoisotopic (exact) mass is 193 g/mol. The van der Waals surface area contributed by atoms with Crippen molar-refractivity contribution in [3.63, 3.8) is 0 Å². The maximum atomic E-state index is 9.97. The van der Waals surface area contributed by atoms with E-state index in [2.05, 4.69) is 16.8 Å². The van der Waals surface area contributed by atoms with Crippen molar-refractivity contribution in [3.8, 4) is 11.8 Å². The third-order valence-corrected chi connectivity index (χ3v) is 1.66. The molecule has 0 atom stereocenters. The Bertz CT molecular complexity index is 351. The molecule has 0 unspecified atom stereocenters. The molecule has 3 heteroatoms. The van der Waals surface area contributed by atoms with Gasteiger partial charge in [0.2, 0.25) is 0 Å². The summed E-state index contributed by atoms with van der Waals surface area (Å²) in [7, 11) is 0. The summed E-state index contributed by atoms with van der Waals surface area (Å²) < 4.78 is 0. The fourth-order valence-corrected chi connectivity index (χ4v) is 0.924. The van der Waals surface area contributed by atoms with Crippen LogP contribution in [0.5, 0.6) is 0 Å². The van der Waals surface area contributed by atoms with Crippen LogP contribution < -0.4 is 0 Å². The lowest BCUT2D eigenvalue weighted by Crippen LogP contribution is -1.81. The van der Waals surface area contributed by atoms with Crippen LogP contribution in [0.1, 0.15) is 18.5 Å². The predicted molar refractivity (Wildman–Crippen MR) is 51.4 cm³/mol. The van der Waals surface area contributed by atoms with Crippen molar-refractivity contribution in [2.24, 2.45) is 0 Å². The van der Waals surface area contributed by atoms with Gasteiger partial charge in [0.1, 0.15) is 12.0 Å². The number of carbonyl (C=O) groups excluding carboxylic acids is 1. The van der Waals surface area contributed by atoms with Crippen LogP contribution in [0.25, 0.3) is 0 Å². The lowest BCUT2D eigenvalue weighted by atomic mass is 10.3. The number of aldehydes is 1. The molecular weight excluding hydrogens is 186 g/mol. The van der Waals surface area contributed by atoms with E-state index in [4.69, 9.17) is 11.6 Å². The van der Waals surface area contributed by atoms with E-state index in [1.54, 1.807) is 18.3 Å². The van der Waals surface area contributed by atoms with E-state index in [0.29, 0.717) is 23.6 Å². The number of nitrogens with zero attached hydrogens (tertiary/aromatic N) is 1. The van der Waals surface area contributed by atoms with E-state index in [1.807, 2.05) is 0 Å². The Hall–Kier alpha value is -1.33. The second-order valence-electron chi connectivity index (χ2n) is 2.34. The third kappa shape index (κ3) is 3.27. The van der Waals surface area contributed by atoms with Crippen molar-refractivity contribution in [2.45, 2.75) is 12.8 Å². The Kier molecular flexibility index (Phi) is 4.01. The molecule has 0 aliphatic heterocycles. The molecule has 0 aliphatic rings. The molecule has 13 heavy (non-hydrogen) atoms. The predicted octanol–water partition coefficient (Wildman–Crippen LogP) is 2.07. The molecule has 2 nitrogen and oxygen atoms in total. The lowest BCUT2D eigenvalue weighted by molar-refractivity contribution is -0.107. The van der Waals surface area contributed by atoms with Gasteiger partial charge in [-0.15, -0.1) is 0 Å². The fraction of sp³-hybridized carbons (Fsp3) is 0.200. The molecule has 1 rings (SSSR count). The number of pyridine rings is 1. The summed E-state index contributed by atoms with van der Waals surface area (Å²) in [6.07, 6.45) is 3.48. The molecule has 0 amide bonds. The normalized spacial score (nSPS) is 8.69. The maximum Gasteiger partial charge on any atom is 0.131 e. The standard InChI is InChI=1S/C10H8ClNO/c11-9-5-4-7-12-10(9)6-2-1-3-8-13/h4-5,7-8H,1,3H2. The first-order chi connectivity index (χ1) is 6.34. The second-order valence-corrected chi connectivity index (χ2v) is 2.75. The van der Waals surface area contributed by atoms with Gasteiger partial charge in [-0.1, -0.05) is 17.5 Å². The van der Waals surface area contributed by atoms with Crippen LogP contribution in [0.2, 0.25) is 5.02 Å². The summed E-state index contributed by atoms with van der Waals surface area (Å²) >= 11 is 5.80. The number of carbonyl (C=O) groups is 1. The highest BCUT2D eigenvalue weighted by molar-refractivity contribution is 6.31. The van der Waals surface area contributed by atoms with Crippen LogP contribution >= 0.6 is 11.6 Å².